The van der Waals surface area contributed by atoms with E-state index in [4.69, 9.17) is 0 Å². The minimum absolute atomic E-state index is 0.547. The Hall–Kier alpha value is -0.590. The van der Waals surface area contributed by atoms with Gasteiger partial charge in [0, 0.05) is 12.8 Å². The normalized spacial score (nSPS) is 50.6. The highest BCUT2D eigenvalue weighted by Crippen LogP contribution is 2.56. The molecule has 0 heterocycles. The second-order valence-corrected chi connectivity index (χ2v) is 7.18. The Labute approximate surface area is 110 Å². The number of rotatable bonds is 0. The molecule has 4 rings (SSSR count). The van der Waals surface area contributed by atoms with E-state index in [0.29, 0.717) is 5.78 Å². The van der Waals surface area contributed by atoms with Crippen LogP contribution in [0.4, 0.5) is 0 Å². The van der Waals surface area contributed by atoms with Gasteiger partial charge in [0.05, 0.1) is 0 Å². The zero-order valence-corrected chi connectivity index (χ0v) is 11.2. The highest BCUT2D eigenvalue weighted by molar-refractivity contribution is 5.79. The summed E-state index contributed by atoms with van der Waals surface area (Å²) >= 11 is 0. The van der Waals surface area contributed by atoms with Crippen LogP contribution < -0.4 is 0 Å². The van der Waals surface area contributed by atoms with Crippen LogP contribution in [-0.2, 0) is 4.79 Å². The second kappa shape index (κ2) is 4.21. The van der Waals surface area contributed by atoms with Crippen molar-refractivity contribution in [2.75, 3.05) is 0 Å². The van der Waals surface area contributed by atoms with E-state index >= 15 is 0 Å². The quantitative estimate of drug-likeness (QED) is 0.589. The summed E-state index contributed by atoms with van der Waals surface area (Å²) in [6, 6.07) is 0. The van der Waals surface area contributed by atoms with Gasteiger partial charge < -0.3 is 0 Å². The lowest BCUT2D eigenvalue weighted by atomic mass is 9.53. The Balaban J connectivity index is 1.56. The van der Waals surface area contributed by atoms with Gasteiger partial charge in [0.25, 0.3) is 0 Å². The van der Waals surface area contributed by atoms with Crippen LogP contribution in [0.1, 0.15) is 51.4 Å². The lowest BCUT2D eigenvalue weighted by Gasteiger charge is -2.51. The zero-order chi connectivity index (χ0) is 12.1. The lowest BCUT2D eigenvalue weighted by molar-refractivity contribution is -0.126. The molecule has 0 amide bonds. The molecular weight excluding hydrogens is 220 g/mol. The Morgan fingerprint density at radius 3 is 2.67 bits per heavy atom. The number of hydrogen-bond donors (Lipinski definition) is 0. The molecule has 0 aromatic rings. The topological polar surface area (TPSA) is 17.1 Å². The molecule has 0 bridgehead atoms. The van der Waals surface area contributed by atoms with E-state index in [9.17, 15) is 4.79 Å². The second-order valence-electron chi connectivity index (χ2n) is 7.18. The number of allylic oxidation sites excluding steroid dienone is 2. The van der Waals surface area contributed by atoms with Gasteiger partial charge in [-0.05, 0) is 74.0 Å². The molecule has 4 aliphatic rings. The van der Waals surface area contributed by atoms with Crippen molar-refractivity contribution < 1.29 is 4.79 Å². The predicted molar refractivity (Wildman–Crippen MR) is 72.0 cm³/mol. The molecule has 4 aliphatic carbocycles. The van der Waals surface area contributed by atoms with Crippen molar-refractivity contribution in [1.29, 1.82) is 0 Å². The molecule has 6 unspecified atom stereocenters. The van der Waals surface area contributed by atoms with Gasteiger partial charge in [0.15, 0.2) is 0 Å². The third kappa shape index (κ3) is 1.62. The van der Waals surface area contributed by atoms with E-state index in [0.717, 1.165) is 48.3 Å². The Morgan fingerprint density at radius 1 is 0.889 bits per heavy atom. The third-order valence-corrected chi connectivity index (χ3v) is 6.55. The van der Waals surface area contributed by atoms with E-state index in [1.807, 2.05) is 0 Å². The van der Waals surface area contributed by atoms with Crippen molar-refractivity contribution in [3.63, 3.8) is 0 Å². The van der Waals surface area contributed by atoms with Crippen LogP contribution in [-0.4, -0.2) is 5.78 Å². The molecule has 3 fully saturated rings. The molecule has 6 atom stereocenters. The molecule has 3 saturated carbocycles. The van der Waals surface area contributed by atoms with Gasteiger partial charge in [-0.3, -0.25) is 4.79 Å². The van der Waals surface area contributed by atoms with Crippen molar-refractivity contribution in [2.24, 2.45) is 35.5 Å². The molecule has 98 valence electrons. The predicted octanol–water partition coefficient (Wildman–Crippen LogP) is 3.98. The smallest absolute Gasteiger partial charge is 0.133 e. The maximum Gasteiger partial charge on any atom is 0.133 e. The average molecular weight is 244 g/mol. The summed E-state index contributed by atoms with van der Waals surface area (Å²) in [4.78, 5) is 11.7. The summed E-state index contributed by atoms with van der Waals surface area (Å²) in [6.45, 7) is 0. The maximum absolute atomic E-state index is 11.7. The van der Waals surface area contributed by atoms with Crippen molar-refractivity contribution >= 4 is 5.78 Å². The molecule has 0 aromatic carbocycles. The van der Waals surface area contributed by atoms with Crippen LogP contribution >= 0.6 is 0 Å². The van der Waals surface area contributed by atoms with Gasteiger partial charge in [0.1, 0.15) is 5.78 Å². The number of carbonyl (C=O) groups is 1. The van der Waals surface area contributed by atoms with Crippen LogP contribution in [0.25, 0.3) is 0 Å². The largest absolute Gasteiger partial charge is 0.300 e. The van der Waals surface area contributed by atoms with Crippen LogP contribution in [0.5, 0.6) is 0 Å². The monoisotopic (exact) mass is 244 g/mol. The first-order chi connectivity index (χ1) is 8.83. The average Bonchev–Trinajstić information content (AvgIpc) is 2.86. The highest BCUT2D eigenvalue weighted by atomic mass is 16.1. The SMILES string of the molecule is O=C1CCC2C(CCC3C4CC=CC4CCC23)C1. The van der Waals surface area contributed by atoms with Crippen LogP contribution in [0.3, 0.4) is 0 Å². The standard InChI is InChI=1S/C17H24O/c18-13-6-9-15-12(10-13)5-8-16-14-3-1-2-11(14)4-7-17(15)16/h1-2,11-12,14-17H,3-10H2. The van der Waals surface area contributed by atoms with Gasteiger partial charge in [-0.1, -0.05) is 12.2 Å². The van der Waals surface area contributed by atoms with Gasteiger partial charge in [0.2, 0.25) is 0 Å². The highest BCUT2D eigenvalue weighted by Gasteiger charge is 2.48. The van der Waals surface area contributed by atoms with Crippen molar-refractivity contribution in [2.45, 2.75) is 51.4 Å². The fourth-order valence-corrected chi connectivity index (χ4v) is 5.80. The molecule has 0 aromatic heterocycles. The van der Waals surface area contributed by atoms with Gasteiger partial charge in [-0.2, -0.15) is 0 Å². The summed E-state index contributed by atoms with van der Waals surface area (Å²) in [6.07, 6.45) is 15.0. The first-order valence-electron chi connectivity index (χ1n) is 8.01. The molecule has 0 N–H and O–H groups in total. The fraction of sp³-hybridized carbons (Fsp3) is 0.824. The molecule has 0 aliphatic heterocycles. The lowest BCUT2D eigenvalue weighted by Crippen LogP contribution is -2.44. The summed E-state index contributed by atoms with van der Waals surface area (Å²) in [7, 11) is 0. The van der Waals surface area contributed by atoms with Gasteiger partial charge >= 0.3 is 0 Å². The summed E-state index contributed by atoms with van der Waals surface area (Å²) in [5, 5.41) is 0. The fourth-order valence-electron chi connectivity index (χ4n) is 5.80. The van der Waals surface area contributed by atoms with Gasteiger partial charge in [-0.25, -0.2) is 0 Å². The minimum Gasteiger partial charge on any atom is -0.300 e. The van der Waals surface area contributed by atoms with Crippen LogP contribution in [0, 0.1) is 35.5 Å². The molecular formula is C17H24O. The number of fused-ring (bicyclic) bond motifs is 5. The minimum atomic E-state index is 0.547. The van der Waals surface area contributed by atoms with Crippen molar-refractivity contribution in [1.82, 2.24) is 0 Å². The van der Waals surface area contributed by atoms with E-state index in [1.54, 1.807) is 0 Å². The summed E-state index contributed by atoms with van der Waals surface area (Å²) in [5.41, 5.74) is 0. The molecule has 0 radical (unpaired) electrons. The van der Waals surface area contributed by atoms with Crippen molar-refractivity contribution in [3.05, 3.63) is 12.2 Å². The zero-order valence-electron chi connectivity index (χ0n) is 11.2. The summed E-state index contributed by atoms with van der Waals surface area (Å²) in [5.74, 6) is 6.06. The van der Waals surface area contributed by atoms with E-state index < -0.39 is 0 Å². The summed E-state index contributed by atoms with van der Waals surface area (Å²) < 4.78 is 0. The number of Topliss-reactive ketones (excluding diaryl/α,β-unsaturated/α-hetero) is 1. The Morgan fingerprint density at radius 2 is 1.72 bits per heavy atom. The Kier molecular flexibility index (Phi) is 2.63. The van der Waals surface area contributed by atoms with E-state index in [1.165, 1.54) is 38.5 Å². The third-order valence-electron chi connectivity index (χ3n) is 6.55. The number of carbonyl (C=O) groups excluding carboxylic acids is 1. The first-order valence-corrected chi connectivity index (χ1v) is 8.01. The number of ketones is 1. The van der Waals surface area contributed by atoms with Gasteiger partial charge in [-0.15, -0.1) is 0 Å². The maximum atomic E-state index is 11.7. The van der Waals surface area contributed by atoms with Crippen LogP contribution in [0.15, 0.2) is 12.2 Å². The van der Waals surface area contributed by atoms with Crippen molar-refractivity contribution in [3.8, 4) is 0 Å². The first kappa shape index (κ1) is 11.3. The van der Waals surface area contributed by atoms with Crippen LogP contribution in [0.2, 0.25) is 0 Å². The molecule has 18 heavy (non-hydrogen) atoms. The molecule has 1 heteroatoms. The molecule has 0 spiro atoms. The van der Waals surface area contributed by atoms with E-state index in [-0.39, 0.29) is 0 Å². The number of hydrogen-bond acceptors (Lipinski definition) is 1. The van der Waals surface area contributed by atoms with E-state index in [2.05, 4.69) is 12.2 Å². The molecule has 1 nitrogen and oxygen atoms in total. The molecule has 0 saturated heterocycles. The Bertz CT molecular complexity index is 383.